The number of halogens is 1. The zero-order chi connectivity index (χ0) is 13.5. The normalized spacial score (nSPS) is 13.0. The van der Waals surface area contributed by atoms with E-state index in [0.29, 0.717) is 6.04 Å². The van der Waals surface area contributed by atoms with Gasteiger partial charge in [0.15, 0.2) is 0 Å². The molecule has 0 saturated heterocycles. The molecule has 0 bridgehead atoms. The first-order chi connectivity index (χ1) is 8.54. The van der Waals surface area contributed by atoms with E-state index in [1.54, 1.807) is 0 Å². The highest BCUT2D eigenvalue weighted by Gasteiger charge is 2.14. The summed E-state index contributed by atoms with van der Waals surface area (Å²) in [6.45, 7) is 10.1. The van der Waals surface area contributed by atoms with Gasteiger partial charge >= 0.3 is 0 Å². The number of benzene rings is 1. The second kappa shape index (κ2) is 7.96. The largest absolute Gasteiger partial charge is 0.310 e. The molecule has 0 heterocycles. The standard InChI is InChI=1S/C16H26BrN/c1-5-10-18-16(9-6-12(2)3)14-11-13(4)7-8-15(14)17/h7-8,11-12,16,18H,5-6,9-10H2,1-4H3. The molecule has 0 saturated carbocycles. The van der Waals surface area contributed by atoms with Crippen LogP contribution in [0, 0.1) is 12.8 Å². The average Bonchev–Trinajstić information content (AvgIpc) is 2.32. The lowest BCUT2D eigenvalue weighted by atomic mass is 9.96. The van der Waals surface area contributed by atoms with Gasteiger partial charge in [0.1, 0.15) is 0 Å². The van der Waals surface area contributed by atoms with E-state index in [2.05, 4.69) is 67.1 Å². The lowest BCUT2D eigenvalue weighted by Crippen LogP contribution is -2.23. The lowest BCUT2D eigenvalue weighted by molar-refractivity contribution is 0.439. The zero-order valence-corrected chi connectivity index (χ0v) is 13.7. The Balaban J connectivity index is 2.82. The van der Waals surface area contributed by atoms with Crippen LogP contribution in [0.15, 0.2) is 22.7 Å². The Morgan fingerprint density at radius 3 is 2.56 bits per heavy atom. The Morgan fingerprint density at radius 1 is 1.22 bits per heavy atom. The van der Waals surface area contributed by atoms with Gasteiger partial charge in [0.2, 0.25) is 0 Å². The molecule has 1 aromatic carbocycles. The summed E-state index contributed by atoms with van der Waals surface area (Å²) in [6.07, 6.45) is 3.66. The Hall–Kier alpha value is -0.340. The van der Waals surface area contributed by atoms with Crippen LogP contribution in [-0.4, -0.2) is 6.54 Å². The summed E-state index contributed by atoms with van der Waals surface area (Å²) in [5, 5.41) is 3.68. The van der Waals surface area contributed by atoms with E-state index in [4.69, 9.17) is 0 Å². The minimum Gasteiger partial charge on any atom is -0.310 e. The summed E-state index contributed by atoms with van der Waals surface area (Å²) in [6, 6.07) is 7.10. The van der Waals surface area contributed by atoms with Crippen molar-refractivity contribution in [1.82, 2.24) is 5.32 Å². The number of nitrogens with one attached hydrogen (secondary N) is 1. The molecule has 1 rings (SSSR count). The van der Waals surface area contributed by atoms with Gasteiger partial charge in [0, 0.05) is 10.5 Å². The number of hydrogen-bond acceptors (Lipinski definition) is 1. The molecule has 0 amide bonds. The molecule has 1 unspecified atom stereocenters. The molecule has 0 spiro atoms. The molecule has 0 aliphatic rings. The lowest BCUT2D eigenvalue weighted by Gasteiger charge is -2.21. The molecule has 102 valence electrons. The molecule has 2 heteroatoms. The summed E-state index contributed by atoms with van der Waals surface area (Å²) in [5.41, 5.74) is 2.74. The van der Waals surface area contributed by atoms with Crippen LogP contribution >= 0.6 is 15.9 Å². The van der Waals surface area contributed by atoms with Gasteiger partial charge in [-0.25, -0.2) is 0 Å². The van der Waals surface area contributed by atoms with Crippen molar-refractivity contribution in [3.05, 3.63) is 33.8 Å². The Labute approximate surface area is 120 Å². The minimum absolute atomic E-state index is 0.474. The molecule has 1 nitrogen and oxygen atoms in total. The van der Waals surface area contributed by atoms with Gasteiger partial charge in [0.25, 0.3) is 0 Å². The van der Waals surface area contributed by atoms with Crippen molar-refractivity contribution in [2.45, 2.75) is 53.0 Å². The highest BCUT2D eigenvalue weighted by Crippen LogP contribution is 2.28. The summed E-state index contributed by atoms with van der Waals surface area (Å²) >= 11 is 3.69. The van der Waals surface area contributed by atoms with Gasteiger partial charge in [-0.05, 0) is 50.3 Å². The maximum atomic E-state index is 3.69. The molecule has 1 atom stereocenters. The van der Waals surface area contributed by atoms with E-state index in [1.807, 2.05) is 0 Å². The Bertz CT molecular complexity index is 360. The summed E-state index contributed by atoms with van der Waals surface area (Å²) in [7, 11) is 0. The molecule has 0 aromatic heterocycles. The van der Waals surface area contributed by atoms with E-state index in [0.717, 1.165) is 12.5 Å². The predicted molar refractivity (Wildman–Crippen MR) is 84.0 cm³/mol. The third-order valence-corrected chi connectivity index (χ3v) is 3.92. The summed E-state index contributed by atoms with van der Waals surface area (Å²) < 4.78 is 1.23. The molecular formula is C16H26BrN. The third kappa shape index (κ3) is 5.11. The number of aryl methyl sites for hydroxylation is 1. The van der Waals surface area contributed by atoms with Crippen LogP contribution in [0.2, 0.25) is 0 Å². The summed E-state index contributed by atoms with van der Waals surface area (Å²) in [5.74, 6) is 0.763. The van der Waals surface area contributed by atoms with Crippen molar-refractivity contribution in [2.75, 3.05) is 6.54 Å². The van der Waals surface area contributed by atoms with Crippen LogP contribution in [0.4, 0.5) is 0 Å². The smallest absolute Gasteiger partial charge is 0.0331 e. The summed E-state index contributed by atoms with van der Waals surface area (Å²) in [4.78, 5) is 0. The molecule has 0 fully saturated rings. The zero-order valence-electron chi connectivity index (χ0n) is 12.1. The second-order valence-electron chi connectivity index (χ2n) is 5.50. The van der Waals surface area contributed by atoms with E-state index in [-0.39, 0.29) is 0 Å². The molecule has 0 radical (unpaired) electrons. The average molecular weight is 312 g/mol. The first kappa shape index (κ1) is 15.7. The molecular weight excluding hydrogens is 286 g/mol. The monoisotopic (exact) mass is 311 g/mol. The minimum atomic E-state index is 0.474. The van der Waals surface area contributed by atoms with Crippen LogP contribution in [0.3, 0.4) is 0 Å². The highest BCUT2D eigenvalue weighted by molar-refractivity contribution is 9.10. The van der Waals surface area contributed by atoms with E-state index >= 15 is 0 Å². The Kier molecular flexibility index (Phi) is 6.95. The fraction of sp³-hybridized carbons (Fsp3) is 0.625. The van der Waals surface area contributed by atoms with Crippen LogP contribution in [0.25, 0.3) is 0 Å². The highest BCUT2D eigenvalue weighted by atomic mass is 79.9. The van der Waals surface area contributed by atoms with E-state index in [9.17, 15) is 0 Å². The van der Waals surface area contributed by atoms with Gasteiger partial charge in [0.05, 0.1) is 0 Å². The van der Waals surface area contributed by atoms with Crippen molar-refractivity contribution < 1.29 is 0 Å². The van der Waals surface area contributed by atoms with Crippen LogP contribution in [0.1, 0.15) is 57.2 Å². The maximum absolute atomic E-state index is 3.69. The van der Waals surface area contributed by atoms with Gasteiger partial charge in [-0.2, -0.15) is 0 Å². The first-order valence-electron chi connectivity index (χ1n) is 7.04. The van der Waals surface area contributed by atoms with Crippen LogP contribution in [-0.2, 0) is 0 Å². The fourth-order valence-corrected chi connectivity index (χ4v) is 2.64. The van der Waals surface area contributed by atoms with Gasteiger partial charge in [-0.1, -0.05) is 54.4 Å². The SMILES string of the molecule is CCCNC(CCC(C)C)c1cc(C)ccc1Br. The molecule has 0 aliphatic heterocycles. The Morgan fingerprint density at radius 2 is 1.94 bits per heavy atom. The van der Waals surface area contributed by atoms with E-state index < -0.39 is 0 Å². The molecule has 0 aliphatic carbocycles. The second-order valence-corrected chi connectivity index (χ2v) is 6.36. The molecule has 1 aromatic rings. The van der Waals surface area contributed by atoms with E-state index in [1.165, 1.54) is 34.9 Å². The molecule has 18 heavy (non-hydrogen) atoms. The van der Waals surface area contributed by atoms with Crippen molar-refractivity contribution in [1.29, 1.82) is 0 Å². The fourth-order valence-electron chi connectivity index (χ4n) is 2.12. The first-order valence-corrected chi connectivity index (χ1v) is 7.83. The topological polar surface area (TPSA) is 12.0 Å². The maximum Gasteiger partial charge on any atom is 0.0331 e. The van der Waals surface area contributed by atoms with Gasteiger partial charge in [-0.3, -0.25) is 0 Å². The van der Waals surface area contributed by atoms with Gasteiger partial charge < -0.3 is 5.32 Å². The number of hydrogen-bond donors (Lipinski definition) is 1. The molecule has 1 N–H and O–H groups in total. The van der Waals surface area contributed by atoms with Crippen molar-refractivity contribution in [3.63, 3.8) is 0 Å². The predicted octanol–water partition coefficient (Wildman–Crippen LogP) is 5.23. The quantitative estimate of drug-likeness (QED) is 0.726. The van der Waals surface area contributed by atoms with Crippen molar-refractivity contribution in [2.24, 2.45) is 5.92 Å². The number of rotatable bonds is 7. The van der Waals surface area contributed by atoms with Crippen LogP contribution < -0.4 is 5.32 Å². The van der Waals surface area contributed by atoms with Crippen molar-refractivity contribution >= 4 is 15.9 Å². The third-order valence-electron chi connectivity index (χ3n) is 3.20. The van der Waals surface area contributed by atoms with Gasteiger partial charge in [-0.15, -0.1) is 0 Å². The van der Waals surface area contributed by atoms with Crippen LogP contribution in [0.5, 0.6) is 0 Å². The van der Waals surface area contributed by atoms with Crippen molar-refractivity contribution in [3.8, 4) is 0 Å².